The Morgan fingerprint density at radius 3 is 2.81 bits per heavy atom. The summed E-state index contributed by atoms with van der Waals surface area (Å²) in [6, 6.07) is 13.2. The van der Waals surface area contributed by atoms with Gasteiger partial charge in [-0.15, -0.1) is 5.10 Å². The van der Waals surface area contributed by atoms with Gasteiger partial charge in [0.2, 0.25) is 5.91 Å². The van der Waals surface area contributed by atoms with E-state index in [-0.39, 0.29) is 5.91 Å². The highest BCUT2D eigenvalue weighted by Gasteiger charge is 2.29. The van der Waals surface area contributed by atoms with Crippen molar-refractivity contribution >= 4 is 34.7 Å². The van der Waals surface area contributed by atoms with Crippen LogP contribution in [-0.4, -0.2) is 28.0 Å². The van der Waals surface area contributed by atoms with Crippen molar-refractivity contribution in [3.63, 3.8) is 0 Å². The molecule has 1 aliphatic rings. The average molecular weight is 296 g/mol. The molecule has 0 spiro atoms. The maximum atomic E-state index is 12.0. The Morgan fingerprint density at radius 1 is 1.19 bits per heavy atom. The summed E-state index contributed by atoms with van der Waals surface area (Å²) in [5.41, 5.74) is 1.67. The van der Waals surface area contributed by atoms with Crippen molar-refractivity contribution in [3.05, 3.63) is 60.4 Å². The normalized spacial score (nSPS) is 17.0. The van der Waals surface area contributed by atoms with E-state index in [4.69, 9.17) is 0 Å². The molecule has 104 valence electrons. The van der Waals surface area contributed by atoms with Crippen molar-refractivity contribution in [3.8, 4) is 0 Å². The fraction of sp³-hybridized carbons (Fsp3) is 0.0667. The van der Waals surface area contributed by atoms with E-state index in [9.17, 15) is 4.79 Å². The van der Waals surface area contributed by atoms with Gasteiger partial charge in [-0.25, -0.2) is 0 Å². The molecule has 2 heterocycles. The largest absolute Gasteiger partial charge is 0.273 e. The summed E-state index contributed by atoms with van der Waals surface area (Å²) in [6.07, 6.45) is 5.02. The molecule has 1 aliphatic heterocycles. The number of aromatic nitrogens is 1. The number of pyridine rings is 1. The van der Waals surface area contributed by atoms with Crippen molar-refractivity contribution in [1.82, 2.24) is 4.98 Å². The lowest BCUT2D eigenvalue weighted by molar-refractivity contribution is -0.115. The van der Waals surface area contributed by atoms with E-state index >= 15 is 0 Å². The first-order chi connectivity index (χ1) is 10.3. The molecule has 1 aromatic carbocycles. The standard InChI is InChI=1S/C15H12N4OS/c20-14-11-21-15(19(14)13-6-2-1-3-7-13)18-17-10-12-5-4-8-16-9-12/h1-10H,11H2/b17-10-,18-15+. The third kappa shape index (κ3) is 3.17. The van der Waals surface area contributed by atoms with Crippen LogP contribution in [0.4, 0.5) is 5.69 Å². The summed E-state index contributed by atoms with van der Waals surface area (Å²) < 4.78 is 0. The number of anilines is 1. The van der Waals surface area contributed by atoms with Crippen LogP contribution in [0, 0.1) is 0 Å². The molecule has 1 aromatic heterocycles. The molecule has 0 N–H and O–H groups in total. The molecule has 6 heteroatoms. The molecular formula is C15H12N4OS. The van der Waals surface area contributed by atoms with Crippen molar-refractivity contribution in [2.45, 2.75) is 0 Å². The van der Waals surface area contributed by atoms with Crippen molar-refractivity contribution in [2.24, 2.45) is 10.2 Å². The van der Waals surface area contributed by atoms with Crippen molar-refractivity contribution < 1.29 is 4.79 Å². The summed E-state index contributed by atoms with van der Waals surface area (Å²) >= 11 is 1.39. The molecule has 1 saturated heterocycles. The topological polar surface area (TPSA) is 57.9 Å². The number of para-hydroxylation sites is 1. The number of thioether (sulfide) groups is 1. The van der Waals surface area contributed by atoms with E-state index < -0.39 is 0 Å². The minimum Gasteiger partial charge on any atom is -0.273 e. The number of nitrogens with zero attached hydrogens (tertiary/aromatic N) is 4. The number of carbonyl (C=O) groups is 1. The molecule has 1 amide bonds. The third-order valence-electron chi connectivity index (χ3n) is 2.81. The molecule has 0 radical (unpaired) electrons. The molecule has 2 aromatic rings. The first-order valence-corrected chi connectivity index (χ1v) is 7.35. The number of hydrogen-bond donors (Lipinski definition) is 0. The quantitative estimate of drug-likeness (QED) is 0.646. The van der Waals surface area contributed by atoms with Crippen LogP contribution in [-0.2, 0) is 4.79 Å². The lowest BCUT2D eigenvalue weighted by Gasteiger charge is -2.14. The first kappa shape index (κ1) is 13.5. The Balaban J connectivity index is 1.82. The van der Waals surface area contributed by atoms with Crippen LogP contribution in [0.2, 0.25) is 0 Å². The number of amides is 1. The summed E-state index contributed by atoms with van der Waals surface area (Å²) in [7, 11) is 0. The van der Waals surface area contributed by atoms with E-state index in [1.54, 1.807) is 23.5 Å². The van der Waals surface area contributed by atoms with Crippen molar-refractivity contribution in [1.29, 1.82) is 0 Å². The molecule has 1 fully saturated rings. The Morgan fingerprint density at radius 2 is 2.05 bits per heavy atom. The number of hydrogen-bond acceptors (Lipinski definition) is 5. The highest BCUT2D eigenvalue weighted by atomic mass is 32.2. The van der Waals surface area contributed by atoms with Crippen molar-refractivity contribution in [2.75, 3.05) is 10.7 Å². The van der Waals surface area contributed by atoms with Gasteiger partial charge in [0.25, 0.3) is 0 Å². The zero-order valence-electron chi connectivity index (χ0n) is 11.1. The van der Waals surface area contributed by atoms with E-state index in [1.165, 1.54) is 11.8 Å². The summed E-state index contributed by atoms with van der Waals surface area (Å²) in [4.78, 5) is 17.6. The van der Waals surface area contributed by atoms with Gasteiger partial charge < -0.3 is 0 Å². The number of rotatable bonds is 3. The minimum absolute atomic E-state index is 0.0153. The predicted octanol–water partition coefficient (Wildman–Crippen LogP) is 2.55. The molecule has 0 atom stereocenters. The Hall–Kier alpha value is -2.47. The van der Waals surface area contributed by atoms with E-state index in [2.05, 4.69) is 15.2 Å². The van der Waals surface area contributed by atoms with Crippen LogP contribution in [0.15, 0.2) is 65.1 Å². The molecular weight excluding hydrogens is 284 g/mol. The second-order valence-corrected chi connectivity index (χ2v) is 5.21. The second kappa shape index (κ2) is 6.32. The van der Waals surface area contributed by atoms with Crippen LogP contribution in [0.1, 0.15) is 5.56 Å². The van der Waals surface area contributed by atoms with Crippen LogP contribution in [0.5, 0.6) is 0 Å². The zero-order valence-corrected chi connectivity index (χ0v) is 11.9. The number of benzene rings is 1. The fourth-order valence-electron chi connectivity index (χ4n) is 1.86. The minimum atomic E-state index is 0.0153. The van der Waals surface area contributed by atoms with Crippen LogP contribution in [0.3, 0.4) is 0 Å². The average Bonchev–Trinajstić information content (AvgIpc) is 2.90. The molecule has 3 rings (SSSR count). The smallest absolute Gasteiger partial charge is 0.243 e. The monoisotopic (exact) mass is 296 g/mol. The fourth-order valence-corrected chi connectivity index (χ4v) is 2.69. The van der Waals surface area contributed by atoms with Gasteiger partial charge in [-0.3, -0.25) is 14.7 Å². The second-order valence-electron chi connectivity index (χ2n) is 4.27. The molecule has 0 aliphatic carbocycles. The lowest BCUT2D eigenvalue weighted by Crippen LogP contribution is -2.28. The maximum absolute atomic E-state index is 12.0. The zero-order chi connectivity index (χ0) is 14.5. The van der Waals surface area contributed by atoms with Gasteiger partial charge in [0.05, 0.1) is 17.7 Å². The Bertz CT molecular complexity index is 685. The summed E-state index contributed by atoms with van der Waals surface area (Å²) in [5, 5.41) is 8.78. The highest BCUT2D eigenvalue weighted by Crippen LogP contribution is 2.26. The van der Waals surface area contributed by atoms with Gasteiger partial charge in [0, 0.05) is 18.0 Å². The van der Waals surface area contributed by atoms with Gasteiger partial charge >= 0.3 is 0 Å². The van der Waals surface area contributed by atoms with Crippen LogP contribution >= 0.6 is 11.8 Å². The van der Waals surface area contributed by atoms with Gasteiger partial charge in [-0.2, -0.15) is 5.10 Å². The number of amidine groups is 1. The number of carbonyl (C=O) groups excluding carboxylic acids is 1. The summed E-state index contributed by atoms with van der Waals surface area (Å²) in [5.74, 6) is 0.400. The Labute approximate surface area is 126 Å². The van der Waals surface area contributed by atoms with E-state index in [0.717, 1.165) is 11.3 Å². The highest BCUT2D eigenvalue weighted by molar-refractivity contribution is 8.15. The van der Waals surface area contributed by atoms with Gasteiger partial charge in [0.1, 0.15) is 0 Å². The van der Waals surface area contributed by atoms with Gasteiger partial charge in [0.15, 0.2) is 5.17 Å². The first-order valence-electron chi connectivity index (χ1n) is 6.36. The lowest BCUT2D eigenvalue weighted by atomic mass is 10.3. The predicted molar refractivity (Wildman–Crippen MR) is 85.7 cm³/mol. The summed E-state index contributed by atoms with van der Waals surface area (Å²) in [6.45, 7) is 0. The van der Waals surface area contributed by atoms with Gasteiger partial charge in [-0.1, -0.05) is 36.0 Å². The van der Waals surface area contributed by atoms with Gasteiger partial charge in [-0.05, 0) is 18.2 Å². The van der Waals surface area contributed by atoms with E-state index in [0.29, 0.717) is 10.9 Å². The molecule has 5 nitrogen and oxygen atoms in total. The molecule has 0 saturated carbocycles. The molecule has 0 bridgehead atoms. The maximum Gasteiger partial charge on any atom is 0.243 e. The molecule has 0 unspecified atom stereocenters. The van der Waals surface area contributed by atoms with Crippen LogP contribution < -0.4 is 4.90 Å². The molecule has 21 heavy (non-hydrogen) atoms. The van der Waals surface area contributed by atoms with E-state index in [1.807, 2.05) is 42.5 Å². The SMILES string of the molecule is O=C1CS/C(=N/N=C\c2cccnc2)N1c1ccccc1. The van der Waals surface area contributed by atoms with Crippen LogP contribution in [0.25, 0.3) is 0 Å². The Kier molecular flexibility index (Phi) is 4.07. The third-order valence-corrected chi connectivity index (χ3v) is 3.73.